The average molecular weight is 279 g/mol. The van der Waals surface area contributed by atoms with Crippen LogP contribution in [-0.4, -0.2) is 40.0 Å². The summed E-state index contributed by atoms with van der Waals surface area (Å²) in [5, 5.41) is 20.5. The molecule has 0 bridgehead atoms. The number of hydrogen-bond donors (Lipinski definition) is 2. The Morgan fingerprint density at radius 2 is 2.10 bits per heavy atom. The predicted octanol–water partition coefficient (Wildman–Crippen LogP) is 0.650. The number of aliphatic hydroxyl groups excluding tert-OH is 1. The van der Waals surface area contributed by atoms with Gasteiger partial charge >= 0.3 is 0 Å². The molecule has 7 nitrogen and oxygen atoms in total. The van der Waals surface area contributed by atoms with Crippen molar-refractivity contribution in [2.24, 2.45) is 5.73 Å². The summed E-state index contributed by atoms with van der Waals surface area (Å²) >= 11 is 0. The molecule has 1 aromatic carbocycles. The summed E-state index contributed by atoms with van der Waals surface area (Å²) in [4.78, 5) is 23.7. The van der Waals surface area contributed by atoms with E-state index >= 15 is 0 Å². The van der Waals surface area contributed by atoms with Crippen molar-refractivity contribution >= 4 is 11.6 Å². The van der Waals surface area contributed by atoms with E-state index in [1.807, 2.05) is 0 Å². The number of primary amides is 1. The van der Waals surface area contributed by atoms with Crippen molar-refractivity contribution in [1.29, 1.82) is 0 Å². The minimum atomic E-state index is -0.680. The van der Waals surface area contributed by atoms with Crippen molar-refractivity contribution in [3.63, 3.8) is 0 Å². The molecular weight excluding hydrogens is 262 g/mol. The number of nitrogens with two attached hydrogens (primary N) is 1. The quantitative estimate of drug-likeness (QED) is 0.621. The van der Waals surface area contributed by atoms with Gasteiger partial charge in [0, 0.05) is 36.8 Å². The molecule has 1 amide bonds. The Morgan fingerprint density at radius 1 is 1.45 bits per heavy atom. The fourth-order valence-electron chi connectivity index (χ4n) is 2.34. The van der Waals surface area contributed by atoms with E-state index in [2.05, 4.69) is 4.90 Å². The van der Waals surface area contributed by atoms with E-state index in [1.165, 1.54) is 12.1 Å². The van der Waals surface area contributed by atoms with Crippen LogP contribution in [0.3, 0.4) is 0 Å². The fourth-order valence-corrected chi connectivity index (χ4v) is 2.34. The number of hydrogen-bond acceptors (Lipinski definition) is 5. The Kier molecular flexibility index (Phi) is 4.31. The second-order valence-corrected chi connectivity index (χ2v) is 4.97. The third-order valence-corrected chi connectivity index (χ3v) is 3.52. The van der Waals surface area contributed by atoms with Crippen LogP contribution in [0.2, 0.25) is 0 Å². The normalized spacial score (nSPS) is 17.1. The average Bonchev–Trinajstić information content (AvgIpc) is 2.41. The van der Waals surface area contributed by atoms with Gasteiger partial charge in [-0.25, -0.2) is 0 Å². The third kappa shape index (κ3) is 3.31. The van der Waals surface area contributed by atoms with Crippen LogP contribution in [0.1, 0.15) is 28.8 Å². The zero-order chi connectivity index (χ0) is 14.7. The van der Waals surface area contributed by atoms with Gasteiger partial charge in [0.05, 0.1) is 11.0 Å². The maximum atomic E-state index is 11.1. The van der Waals surface area contributed by atoms with Crippen LogP contribution in [0.5, 0.6) is 0 Å². The molecule has 1 aliphatic heterocycles. The molecule has 7 heteroatoms. The van der Waals surface area contributed by atoms with E-state index in [9.17, 15) is 20.0 Å². The van der Waals surface area contributed by atoms with Gasteiger partial charge in [-0.3, -0.25) is 19.8 Å². The van der Waals surface area contributed by atoms with E-state index in [0.29, 0.717) is 38.0 Å². The minimum absolute atomic E-state index is 0.0904. The first-order valence-electron chi connectivity index (χ1n) is 6.45. The molecule has 20 heavy (non-hydrogen) atoms. The zero-order valence-electron chi connectivity index (χ0n) is 11.0. The molecule has 0 unspecified atom stereocenters. The SMILES string of the molecule is NC(=O)c1ccc(CN2CCC(O)CC2)c([N+](=O)[O-])c1. The zero-order valence-corrected chi connectivity index (χ0v) is 11.0. The van der Waals surface area contributed by atoms with Crippen LogP contribution >= 0.6 is 0 Å². The number of piperidine rings is 1. The van der Waals surface area contributed by atoms with Gasteiger partial charge in [-0.15, -0.1) is 0 Å². The van der Waals surface area contributed by atoms with Crippen molar-refractivity contribution < 1.29 is 14.8 Å². The number of nitrogens with zero attached hydrogens (tertiary/aromatic N) is 2. The molecule has 0 saturated carbocycles. The molecule has 0 aliphatic carbocycles. The van der Waals surface area contributed by atoms with Gasteiger partial charge in [0.15, 0.2) is 0 Å². The van der Waals surface area contributed by atoms with Gasteiger partial charge in [-0.1, -0.05) is 6.07 Å². The maximum absolute atomic E-state index is 11.1. The molecule has 108 valence electrons. The van der Waals surface area contributed by atoms with Gasteiger partial charge in [-0.05, 0) is 18.9 Å². The predicted molar refractivity (Wildman–Crippen MR) is 72.1 cm³/mol. The van der Waals surface area contributed by atoms with Crippen LogP contribution in [0.4, 0.5) is 5.69 Å². The highest BCUT2D eigenvalue weighted by atomic mass is 16.6. The molecule has 1 aliphatic rings. The summed E-state index contributed by atoms with van der Waals surface area (Å²) in [7, 11) is 0. The number of nitro groups is 1. The number of likely N-dealkylation sites (tertiary alicyclic amines) is 1. The lowest BCUT2D eigenvalue weighted by Gasteiger charge is -2.29. The number of nitro benzene ring substituents is 1. The van der Waals surface area contributed by atoms with E-state index in [-0.39, 0.29) is 17.4 Å². The van der Waals surface area contributed by atoms with Gasteiger partial charge in [0.2, 0.25) is 5.91 Å². The van der Waals surface area contributed by atoms with Crippen molar-refractivity contribution in [2.75, 3.05) is 13.1 Å². The van der Waals surface area contributed by atoms with Gasteiger partial charge in [0.1, 0.15) is 0 Å². The second-order valence-electron chi connectivity index (χ2n) is 4.97. The summed E-state index contributed by atoms with van der Waals surface area (Å²) in [6.07, 6.45) is 1.07. The molecule has 2 rings (SSSR count). The second kappa shape index (κ2) is 5.98. The van der Waals surface area contributed by atoms with Crippen molar-refractivity contribution in [2.45, 2.75) is 25.5 Å². The van der Waals surface area contributed by atoms with E-state index in [0.717, 1.165) is 0 Å². The van der Waals surface area contributed by atoms with Gasteiger partial charge in [-0.2, -0.15) is 0 Å². The van der Waals surface area contributed by atoms with Gasteiger partial charge < -0.3 is 10.8 Å². The van der Waals surface area contributed by atoms with E-state index in [1.54, 1.807) is 6.07 Å². The lowest BCUT2D eigenvalue weighted by molar-refractivity contribution is -0.385. The first-order valence-corrected chi connectivity index (χ1v) is 6.45. The lowest BCUT2D eigenvalue weighted by atomic mass is 10.0. The number of aliphatic hydroxyl groups is 1. The number of amides is 1. The van der Waals surface area contributed by atoms with E-state index in [4.69, 9.17) is 5.73 Å². The van der Waals surface area contributed by atoms with Crippen molar-refractivity contribution in [1.82, 2.24) is 4.90 Å². The molecule has 1 saturated heterocycles. The molecule has 0 radical (unpaired) electrons. The minimum Gasteiger partial charge on any atom is -0.393 e. The van der Waals surface area contributed by atoms with Gasteiger partial charge in [0.25, 0.3) is 5.69 Å². The third-order valence-electron chi connectivity index (χ3n) is 3.52. The van der Waals surface area contributed by atoms with Crippen LogP contribution in [0.15, 0.2) is 18.2 Å². The maximum Gasteiger partial charge on any atom is 0.274 e. The number of carbonyl (C=O) groups is 1. The van der Waals surface area contributed by atoms with Crippen LogP contribution in [0.25, 0.3) is 0 Å². The lowest BCUT2D eigenvalue weighted by Crippen LogP contribution is -2.35. The molecular formula is C13H17N3O4. The fraction of sp³-hybridized carbons (Fsp3) is 0.462. The molecule has 0 aromatic heterocycles. The standard InChI is InChI=1S/C13H17N3O4/c14-13(18)9-1-2-10(12(7-9)16(19)20)8-15-5-3-11(17)4-6-15/h1-2,7,11,17H,3-6,8H2,(H2,14,18). The van der Waals surface area contributed by atoms with Crippen molar-refractivity contribution in [3.05, 3.63) is 39.4 Å². The smallest absolute Gasteiger partial charge is 0.274 e. The van der Waals surface area contributed by atoms with E-state index < -0.39 is 10.8 Å². The summed E-state index contributed by atoms with van der Waals surface area (Å²) in [5.74, 6) is -0.680. The Bertz CT molecular complexity index is 524. The first kappa shape index (κ1) is 14.4. The van der Waals surface area contributed by atoms with Crippen LogP contribution < -0.4 is 5.73 Å². The van der Waals surface area contributed by atoms with Crippen LogP contribution in [-0.2, 0) is 6.54 Å². The topological polar surface area (TPSA) is 110 Å². The Labute approximate surface area is 116 Å². The Balaban J connectivity index is 2.18. The largest absolute Gasteiger partial charge is 0.393 e. The molecule has 0 spiro atoms. The summed E-state index contributed by atoms with van der Waals surface area (Å²) in [6.45, 7) is 1.84. The molecule has 0 atom stereocenters. The molecule has 1 heterocycles. The first-order chi connectivity index (χ1) is 9.47. The molecule has 3 N–H and O–H groups in total. The molecule has 1 aromatic rings. The van der Waals surface area contributed by atoms with Crippen molar-refractivity contribution in [3.8, 4) is 0 Å². The summed E-state index contributed by atoms with van der Waals surface area (Å²) in [6, 6.07) is 4.29. The number of carbonyl (C=O) groups excluding carboxylic acids is 1. The summed E-state index contributed by atoms with van der Waals surface area (Å²) in [5.41, 5.74) is 5.73. The van der Waals surface area contributed by atoms with Crippen LogP contribution in [0, 0.1) is 10.1 Å². The monoisotopic (exact) mass is 279 g/mol. The summed E-state index contributed by atoms with van der Waals surface area (Å²) < 4.78 is 0. The number of rotatable bonds is 4. The number of benzene rings is 1. The molecule has 1 fully saturated rings. The highest BCUT2D eigenvalue weighted by Gasteiger charge is 2.21. The highest BCUT2D eigenvalue weighted by molar-refractivity contribution is 5.93. The highest BCUT2D eigenvalue weighted by Crippen LogP contribution is 2.23. The Hall–Kier alpha value is -1.99. The Morgan fingerprint density at radius 3 is 2.65 bits per heavy atom.